The van der Waals surface area contributed by atoms with E-state index in [-0.39, 0.29) is 6.61 Å². The molecule has 3 rings (SSSR count). The molecule has 144 valence electrons. The summed E-state index contributed by atoms with van der Waals surface area (Å²) >= 11 is 0. The smallest absolute Gasteiger partial charge is 0.341 e. The lowest BCUT2D eigenvalue weighted by Crippen LogP contribution is -2.48. The van der Waals surface area contributed by atoms with Crippen molar-refractivity contribution in [2.24, 2.45) is 0 Å². The minimum Gasteiger partial charge on any atom is -0.482 e. The highest BCUT2D eigenvalue weighted by Gasteiger charge is 2.30. The molecule has 0 bridgehead atoms. The summed E-state index contributed by atoms with van der Waals surface area (Å²) in [5.74, 6) is 0.307. The first-order chi connectivity index (χ1) is 12.7. The van der Waals surface area contributed by atoms with E-state index in [1.54, 1.807) is 0 Å². The van der Waals surface area contributed by atoms with Crippen LogP contribution >= 0.6 is 0 Å². The third-order valence-corrected chi connectivity index (χ3v) is 6.02. The predicted molar refractivity (Wildman–Crippen MR) is 103 cm³/mol. The first-order valence-electron chi connectivity index (χ1n) is 10.1. The molecule has 2 aliphatic rings. The Hall–Kier alpha value is -1.59. The van der Waals surface area contributed by atoms with Crippen molar-refractivity contribution >= 4 is 5.97 Å². The highest BCUT2D eigenvalue weighted by atomic mass is 16.5. The zero-order chi connectivity index (χ0) is 18.4. The maximum atomic E-state index is 10.6. The minimum absolute atomic E-state index is 0.284. The second-order valence-corrected chi connectivity index (χ2v) is 7.57. The Morgan fingerprint density at radius 1 is 1.08 bits per heavy atom. The Bertz CT molecular complexity index is 561. The molecule has 5 nitrogen and oxygen atoms in total. The number of nitrogens with one attached hydrogen (secondary N) is 1. The molecule has 0 atom stereocenters. The van der Waals surface area contributed by atoms with Crippen LogP contribution in [0.3, 0.4) is 0 Å². The Balaban J connectivity index is 1.51. The Labute approximate surface area is 156 Å². The van der Waals surface area contributed by atoms with E-state index in [0.29, 0.717) is 11.7 Å². The summed E-state index contributed by atoms with van der Waals surface area (Å²) in [6.45, 7) is 5.51. The van der Waals surface area contributed by atoms with Crippen LogP contribution in [0.25, 0.3) is 0 Å². The summed E-state index contributed by atoms with van der Waals surface area (Å²) in [6, 6.07) is 9.50. The quantitative estimate of drug-likeness (QED) is 0.782. The van der Waals surface area contributed by atoms with Crippen LogP contribution in [0.4, 0.5) is 0 Å². The van der Waals surface area contributed by atoms with E-state index in [1.807, 2.05) is 12.1 Å². The van der Waals surface area contributed by atoms with Gasteiger partial charge < -0.3 is 15.2 Å². The summed E-state index contributed by atoms with van der Waals surface area (Å²) in [5.41, 5.74) is 1.36. The zero-order valence-corrected chi connectivity index (χ0v) is 15.8. The molecule has 1 aromatic carbocycles. The molecule has 1 aliphatic heterocycles. The van der Waals surface area contributed by atoms with Gasteiger partial charge in [-0.3, -0.25) is 4.90 Å². The average molecular weight is 360 g/mol. The minimum atomic E-state index is -0.943. The molecule has 1 aromatic rings. The van der Waals surface area contributed by atoms with Crippen LogP contribution in [-0.4, -0.2) is 54.3 Å². The number of benzene rings is 1. The van der Waals surface area contributed by atoms with E-state index in [1.165, 1.54) is 44.1 Å². The molecule has 1 saturated heterocycles. The Kier molecular flexibility index (Phi) is 6.92. The van der Waals surface area contributed by atoms with Gasteiger partial charge in [0, 0.05) is 12.1 Å². The summed E-state index contributed by atoms with van der Waals surface area (Å²) in [4.78, 5) is 13.3. The number of piperidine rings is 1. The third-order valence-electron chi connectivity index (χ3n) is 6.02. The van der Waals surface area contributed by atoms with E-state index in [9.17, 15) is 4.79 Å². The number of hydrogen-bond donors (Lipinski definition) is 2. The molecule has 2 N–H and O–H groups in total. The van der Waals surface area contributed by atoms with Gasteiger partial charge in [-0.05, 0) is 81.8 Å². The lowest BCUT2D eigenvalue weighted by Gasteiger charge is -2.42. The van der Waals surface area contributed by atoms with Gasteiger partial charge in [0.25, 0.3) is 0 Å². The van der Waals surface area contributed by atoms with Gasteiger partial charge in [-0.2, -0.15) is 0 Å². The van der Waals surface area contributed by atoms with E-state index >= 15 is 0 Å². The molecule has 1 aliphatic carbocycles. The number of hydrogen-bond acceptors (Lipinski definition) is 4. The lowest BCUT2D eigenvalue weighted by atomic mass is 9.80. The molecule has 26 heavy (non-hydrogen) atoms. The first-order valence-corrected chi connectivity index (χ1v) is 10.1. The highest BCUT2D eigenvalue weighted by molar-refractivity contribution is 5.68. The first kappa shape index (κ1) is 19.2. The van der Waals surface area contributed by atoms with Gasteiger partial charge in [-0.25, -0.2) is 4.79 Å². The molecular formula is C21H32N2O3. The van der Waals surface area contributed by atoms with Crippen LogP contribution < -0.4 is 10.1 Å². The molecular weight excluding hydrogens is 328 g/mol. The Morgan fingerprint density at radius 3 is 2.27 bits per heavy atom. The van der Waals surface area contributed by atoms with E-state index in [0.717, 1.165) is 31.7 Å². The molecule has 5 heteroatoms. The van der Waals surface area contributed by atoms with Crippen LogP contribution in [0.15, 0.2) is 24.3 Å². The van der Waals surface area contributed by atoms with Crippen molar-refractivity contribution in [2.45, 2.75) is 63.5 Å². The fourth-order valence-corrected chi connectivity index (χ4v) is 4.67. The highest BCUT2D eigenvalue weighted by Crippen LogP contribution is 2.36. The summed E-state index contributed by atoms with van der Waals surface area (Å²) in [7, 11) is 0. The summed E-state index contributed by atoms with van der Waals surface area (Å²) in [6.07, 6.45) is 7.60. The second-order valence-electron chi connectivity index (χ2n) is 7.57. The predicted octanol–water partition coefficient (Wildman–Crippen LogP) is 3.25. The molecule has 0 aromatic heterocycles. The lowest BCUT2D eigenvalue weighted by molar-refractivity contribution is -0.139. The van der Waals surface area contributed by atoms with Crippen molar-refractivity contribution in [1.82, 2.24) is 10.2 Å². The van der Waals surface area contributed by atoms with Crippen LogP contribution in [0.5, 0.6) is 5.75 Å². The number of aliphatic carboxylic acids is 1. The van der Waals surface area contributed by atoms with E-state index in [2.05, 4.69) is 29.3 Å². The van der Waals surface area contributed by atoms with Gasteiger partial charge >= 0.3 is 5.97 Å². The number of carboxylic acids is 1. The number of carbonyl (C=O) groups is 1. The zero-order valence-electron chi connectivity index (χ0n) is 15.8. The molecule has 1 heterocycles. The number of rotatable bonds is 7. The van der Waals surface area contributed by atoms with Crippen LogP contribution in [-0.2, 0) is 4.79 Å². The molecule has 0 radical (unpaired) electrons. The SMILES string of the molecule is CCN(C1CCNCC1)[C@H]1CC[C@H](c2ccc(OCC(=O)O)cc2)CC1. The van der Waals surface area contributed by atoms with Crippen molar-refractivity contribution in [3.05, 3.63) is 29.8 Å². The molecule has 2 fully saturated rings. The Morgan fingerprint density at radius 2 is 1.69 bits per heavy atom. The van der Waals surface area contributed by atoms with Gasteiger partial charge in [0.15, 0.2) is 6.61 Å². The number of carboxylic acid groups (broad SMARTS) is 1. The van der Waals surface area contributed by atoms with Gasteiger partial charge in [0.05, 0.1) is 0 Å². The van der Waals surface area contributed by atoms with Crippen molar-refractivity contribution in [1.29, 1.82) is 0 Å². The van der Waals surface area contributed by atoms with E-state index in [4.69, 9.17) is 9.84 Å². The van der Waals surface area contributed by atoms with Crippen LogP contribution in [0.1, 0.15) is 56.9 Å². The monoisotopic (exact) mass is 360 g/mol. The maximum absolute atomic E-state index is 10.6. The van der Waals surface area contributed by atoms with Crippen LogP contribution in [0.2, 0.25) is 0 Å². The molecule has 0 spiro atoms. The summed E-state index contributed by atoms with van der Waals surface area (Å²) < 4.78 is 5.23. The second kappa shape index (κ2) is 9.38. The number of nitrogens with zero attached hydrogens (tertiary/aromatic N) is 1. The average Bonchev–Trinajstić information content (AvgIpc) is 2.69. The van der Waals surface area contributed by atoms with Crippen molar-refractivity contribution in [3.63, 3.8) is 0 Å². The molecule has 1 saturated carbocycles. The van der Waals surface area contributed by atoms with Gasteiger partial charge in [0.2, 0.25) is 0 Å². The normalized spacial score (nSPS) is 24.5. The van der Waals surface area contributed by atoms with Crippen molar-refractivity contribution in [3.8, 4) is 5.75 Å². The van der Waals surface area contributed by atoms with Crippen molar-refractivity contribution in [2.75, 3.05) is 26.2 Å². The van der Waals surface area contributed by atoms with E-state index < -0.39 is 5.97 Å². The fourth-order valence-electron chi connectivity index (χ4n) is 4.67. The molecule has 0 amide bonds. The number of ether oxygens (including phenoxy) is 1. The fraction of sp³-hybridized carbons (Fsp3) is 0.667. The van der Waals surface area contributed by atoms with Gasteiger partial charge in [-0.15, -0.1) is 0 Å². The van der Waals surface area contributed by atoms with Crippen molar-refractivity contribution < 1.29 is 14.6 Å². The summed E-state index contributed by atoms with van der Waals surface area (Å²) in [5, 5.41) is 12.2. The third kappa shape index (κ3) is 4.98. The van der Waals surface area contributed by atoms with Gasteiger partial charge in [-0.1, -0.05) is 19.1 Å². The van der Waals surface area contributed by atoms with Gasteiger partial charge in [0.1, 0.15) is 5.75 Å². The maximum Gasteiger partial charge on any atom is 0.341 e. The topological polar surface area (TPSA) is 61.8 Å². The standard InChI is InChI=1S/C21H32N2O3/c1-2-23(19-11-13-22-14-12-19)18-7-3-16(4-8-18)17-5-9-20(10-6-17)26-15-21(24)25/h5-6,9-10,16,18-19,22H,2-4,7-8,11-15H2,1H3,(H,24,25)/t16-,18-. The largest absolute Gasteiger partial charge is 0.482 e. The molecule has 0 unspecified atom stereocenters. The van der Waals surface area contributed by atoms with Crippen LogP contribution in [0, 0.1) is 0 Å².